The first-order chi connectivity index (χ1) is 13.6. The number of rotatable bonds is 4. The Bertz CT molecular complexity index is 988. The van der Waals surface area contributed by atoms with Gasteiger partial charge in [0.15, 0.2) is 0 Å². The second-order valence-electron chi connectivity index (χ2n) is 7.02. The molecule has 142 valence electrons. The monoisotopic (exact) mass is 392 g/mol. The Morgan fingerprint density at radius 3 is 2.71 bits per heavy atom. The summed E-state index contributed by atoms with van der Waals surface area (Å²) in [6.45, 7) is 3.16. The lowest BCUT2D eigenvalue weighted by Gasteiger charge is -2.36. The van der Waals surface area contributed by atoms with E-state index < -0.39 is 0 Å². The zero-order chi connectivity index (χ0) is 19.5. The first-order valence-electron chi connectivity index (χ1n) is 9.24. The molecule has 1 fully saturated rings. The molecule has 1 saturated heterocycles. The number of ether oxygens (including phenoxy) is 1. The van der Waals surface area contributed by atoms with Crippen LogP contribution in [0.5, 0.6) is 0 Å². The average Bonchev–Trinajstić information content (AvgIpc) is 2.71. The lowest BCUT2D eigenvalue weighted by atomic mass is 10.0. The van der Waals surface area contributed by atoms with Gasteiger partial charge in [-0.15, -0.1) is 0 Å². The third-order valence-electron chi connectivity index (χ3n) is 5.00. The van der Waals surface area contributed by atoms with Crippen LogP contribution in [0.4, 0.5) is 0 Å². The van der Waals surface area contributed by atoms with Crippen LogP contribution in [0.15, 0.2) is 67.0 Å². The maximum atomic E-state index is 12.6. The Morgan fingerprint density at radius 1 is 1.14 bits per heavy atom. The molecule has 4 nitrogen and oxygen atoms in total. The van der Waals surface area contributed by atoms with Gasteiger partial charge in [0, 0.05) is 35.1 Å². The van der Waals surface area contributed by atoms with E-state index in [2.05, 4.69) is 36.2 Å². The van der Waals surface area contributed by atoms with Gasteiger partial charge >= 0.3 is 0 Å². The number of hydrogen-bond donors (Lipinski definition) is 0. The van der Waals surface area contributed by atoms with Gasteiger partial charge in [0.2, 0.25) is 5.91 Å². The third-order valence-corrected chi connectivity index (χ3v) is 5.33. The summed E-state index contributed by atoms with van der Waals surface area (Å²) in [5, 5.41) is 0.675. The number of hydrogen-bond acceptors (Lipinski definition) is 3. The van der Waals surface area contributed by atoms with Crippen molar-refractivity contribution in [2.45, 2.75) is 19.5 Å². The molecule has 1 aromatic heterocycles. The number of carbonyl (C=O) groups is 1. The lowest BCUT2D eigenvalue weighted by molar-refractivity contribution is -0.149. The van der Waals surface area contributed by atoms with E-state index in [4.69, 9.17) is 16.3 Å². The fourth-order valence-electron chi connectivity index (χ4n) is 3.45. The second-order valence-corrected chi connectivity index (χ2v) is 7.43. The molecule has 4 rings (SSSR count). The number of carbonyl (C=O) groups excluding carboxylic acids is 1. The molecular weight excluding hydrogens is 372 g/mol. The van der Waals surface area contributed by atoms with E-state index in [0.717, 1.165) is 22.3 Å². The Morgan fingerprint density at radius 2 is 1.93 bits per heavy atom. The van der Waals surface area contributed by atoms with E-state index in [0.29, 0.717) is 18.2 Å². The molecule has 0 spiro atoms. The summed E-state index contributed by atoms with van der Waals surface area (Å²) in [7, 11) is 0. The van der Waals surface area contributed by atoms with Crippen LogP contribution in [0.1, 0.15) is 22.7 Å². The number of aromatic nitrogens is 1. The standard InChI is InChI=1S/C23H21ClN2O2/c1-16-6-8-17(9-7-16)13-26-22(14-28-15-23(26)27)19-10-18(11-25-12-19)20-4-2-3-5-21(20)24/h2-12,22H,13-15H2,1H3. The van der Waals surface area contributed by atoms with Crippen molar-refractivity contribution in [3.05, 3.63) is 88.7 Å². The molecule has 28 heavy (non-hydrogen) atoms. The normalized spacial score (nSPS) is 17.0. The van der Waals surface area contributed by atoms with Crippen molar-refractivity contribution in [1.82, 2.24) is 9.88 Å². The molecule has 0 saturated carbocycles. The quantitative estimate of drug-likeness (QED) is 0.639. The molecule has 0 bridgehead atoms. The van der Waals surface area contributed by atoms with Crippen LogP contribution in [0.2, 0.25) is 5.02 Å². The highest BCUT2D eigenvalue weighted by Gasteiger charge is 2.30. The molecule has 0 radical (unpaired) electrons. The molecule has 2 aromatic carbocycles. The van der Waals surface area contributed by atoms with Crippen LogP contribution in [0, 0.1) is 6.92 Å². The van der Waals surface area contributed by atoms with E-state index >= 15 is 0 Å². The van der Waals surface area contributed by atoms with Crippen molar-refractivity contribution in [3.63, 3.8) is 0 Å². The molecule has 1 aliphatic heterocycles. The smallest absolute Gasteiger partial charge is 0.249 e. The zero-order valence-electron chi connectivity index (χ0n) is 15.6. The van der Waals surface area contributed by atoms with E-state index in [1.807, 2.05) is 35.2 Å². The van der Waals surface area contributed by atoms with E-state index in [9.17, 15) is 4.79 Å². The highest BCUT2D eigenvalue weighted by Crippen LogP contribution is 2.32. The average molecular weight is 393 g/mol. The fourth-order valence-corrected chi connectivity index (χ4v) is 3.70. The van der Waals surface area contributed by atoms with Gasteiger partial charge in [0.05, 0.1) is 12.6 Å². The van der Waals surface area contributed by atoms with E-state index in [1.165, 1.54) is 5.56 Å². The molecule has 2 heterocycles. The van der Waals surface area contributed by atoms with Crippen molar-refractivity contribution in [2.75, 3.05) is 13.2 Å². The number of aryl methyl sites for hydroxylation is 1. The van der Waals surface area contributed by atoms with Gasteiger partial charge in [-0.2, -0.15) is 0 Å². The first kappa shape index (κ1) is 18.7. The predicted molar refractivity (Wildman–Crippen MR) is 110 cm³/mol. The molecule has 1 atom stereocenters. The molecule has 3 aromatic rings. The highest BCUT2D eigenvalue weighted by molar-refractivity contribution is 6.33. The number of halogens is 1. The Labute approximate surface area is 169 Å². The summed E-state index contributed by atoms with van der Waals surface area (Å²) in [5.41, 5.74) is 5.09. The van der Waals surface area contributed by atoms with E-state index in [1.54, 1.807) is 12.4 Å². The second kappa shape index (κ2) is 8.13. The first-order valence-corrected chi connectivity index (χ1v) is 9.62. The molecule has 0 aliphatic carbocycles. The fraction of sp³-hybridized carbons (Fsp3) is 0.217. The minimum absolute atomic E-state index is 0.0139. The van der Waals surface area contributed by atoms with Gasteiger partial charge in [-0.05, 0) is 30.2 Å². The summed E-state index contributed by atoms with van der Waals surface area (Å²) in [6.07, 6.45) is 3.59. The minimum Gasteiger partial charge on any atom is -0.369 e. The number of nitrogens with zero attached hydrogens (tertiary/aromatic N) is 2. The lowest BCUT2D eigenvalue weighted by Crippen LogP contribution is -2.43. The Balaban J connectivity index is 1.66. The van der Waals surface area contributed by atoms with Crippen molar-refractivity contribution < 1.29 is 9.53 Å². The molecular formula is C23H21ClN2O2. The molecule has 1 amide bonds. The summed E-state index contributed by atoms with van der Waals surface area (Å²) < 4.78 is 5.56. The van der Waals surface area contributed by atoms with Crippen LogP contribution in [-0.2, 0) is 16.1 Å². The number of amides is 1. The van der Waals surface area contributed by atoms with Gasteiger partial charge in [0.25, 0.3) is 0 Å². The van der Waals surface area contributed by atoms with E-state index in [-0.39, 0.29) is 18.6 Å². The summed E-state index contributed by atoms with van der Waals surface area (Å²) in [6, 6.07) is 17.8. The Kier molecular flexibility index (Phi) is 5.42. The van der Waals surface area contributed by atoms with Gasteiger partial charge in [-0.1, -0.05) is 59.6 Å². The van der Waals surface area contributed by atoms with Gasteiger partial charge < -0.3 is 9.64 Å². The van der Waals surface area contributed by atoms with Crippen LogP contribution in [0.3, 0.4) is 0 Å². The largest absolute Gasteiger partial charge is 0.369 e. The summed E-state index contributed by atoms with van der Waals surface area (Å²) >= 11 is 6.35. The number of morpholine rings is 1. The summed E-state index contributed by atoms with van der Waals surface area (Å²) in [4.78, 5) is 18.9. The summed E-state index contributed by atoms with van der Waals surface area (Å²) in [5.74, 6) is -0.0139. The number of benzene rings is 2. The van der Waals surface area contributed by atoms with Gasteiger partial charge in [-0.25, -0.2) is 0 Å². The van der Waals surface area contributed by atoms with Crippen molar-refractivity contribution >= 4 is 17.5 Å². The predicted octanol–water partition coefficient (Wildman–Crippen LogP) is 4.81. The SMILES string of the molecule is Cc1ccc(CN2C(=O)COCC2c2cncc(-c3ccccc3Cl)c2)cc1. The van der Waals surface area contributed by atoms with Crippen molar-refractivity contribution in [3.8, 4) is 11.1 Å². The van der Waals surface area contributed by atoms with Crippen LogP contribution in [0.25, 0.3) is 11.1 Å². The maximum absolute atomic E-state index is 12.6. The molecule has 0 N–H and O–H groups in total. The zero-order valence-corrected chi connectivity index (χ0v) is 16.4. The van der Waals surface area contributed by atoms with Crippen LogP contribution >= 0.6 is 11.6 Å². The van der Waals surface area contributed by atoms with Gasteiger partial charge in [-0.3, -0.25) is 9.78 Å². The third kappa shape index (κ3) is 3.93. The number of pyridine rings is 1. The molecule has 5 heteroatoms. The van der Waals surface area contributed by atoms with Gasteiger partial charge in [0.1, 0.15) is 6.61 Å². The Hall–Kier alpha value is -2.69. The molecule has 1 aliphatic rings. The topological polar surface area (TPSA) is 42.4 Å². The van der Waals surface area contributed by atoms with Crippen molar-refractivity contribution in [2.24, 2.45) is 0 Å². The van der Waals surface area contributed by atoms with Crippen LogP contribution in [-0.4, -0.2) is 29.0 Å². The minimum atomic E-state index is -0.183. The highest BCUT2D eigenvalue weighted by atomic mass is 35.5. The van der Waals surface area contributed by atoms with Crippen molar-refractivity contribution in [1.29, 1.82) is 0 Å². The maximum Gasteiger partial charge on any atom is 0.249 e. The molecule has 1 unspecified atom stereocenters. The van der Waals surface area contributed by atoms with Crippen LogP contribution < -0.4 is 0 Å².